The molecule has 4 aromatic rings. The molecular formula is C19H21N7O. The largest absolute Gasteiger partial charge is 0.451 e. The van der Waals surface area contributed by atoms with Crippen molar-refractivity contribution in [3.63, 3.8) is 0 Å². The van der Waals surface area contributed by atoms with Crippen LogP contribution >= 0.6 is 0 Å². The first-order valence-electron chi connectivity index (χ1n) is 9.14. The number of fused-ring (bicyclic) bond motifs is 1. The molecule has 0 atom stereocenters. The van der Waals surface area contributed by atoms with Gasteiger partial charge in [-0.25, -0.2) is 4.98 Å². The standard InChI is InChI=1S/C19H21N7O/c1-11-6-16(25-24-11)17-7-14-15(9-22-19(20)18(14)27-17)12-8-23-26(10-12)13-2-4-21-5-3-13/h6-10,13,21H,2-5H2,1H3,(H2,20,22)(H,24,25). The minimum Gasteiger partial charge on any atom is -0.451 e. The van der Waals surface area contributed by atoms with Gasteiger partial charge in [0.05, 0.1) is 17.9 Å². The van der Waals surface area contributed by atoms with E-state index in [4.69, 9.17) is 10.2 Å². The molecule has 4 aromatic heterocycles. The summed E-state index contributed by atoms with van der Waals surface area (Å²) in [5.74, 6) is 1.07. The van der Waals surface area contributed by atoms with E-state index in [0.29, 0.717) is 23.2 Å². The topological polar surface area (TPSA) is 111 Å². The first-order chi connectivity index (χ1) is 13.2. The van der Waals surface area contributed by atoms with Gasteiger partial charge in [0.15, 0.2) is 17.2 Å². The number of hydrogen-bond donors (Lipinski definition) is 3. The molecule has 1 fully saturated rings. The van der Waals surface area contributed by atoms with Crippen LogP contribution < -0.4 is 11.1 Å². The van der Waals surface area contributed by atoms with Crippen LogP contribution in [0, 0.1) is 6.92 Å². The fourth-order valence-corrected chi connectivity index (χ4v) is 3.70. The van der Waals surface area contributed by atoms with E-state index in [2.05, 4.69) is 36.5 Å². The summed E-state index contributed by atoms with van der Waals surface area (Å²) in [6, 6.07) is 4.36. The van der Waals surface area contributed by atoms with Crippen molar-refractivity contribution in [1.82, 2.24) is 30.3 Å². The first kappa shape index (κ1) is 16.1. The maximum Gasteiger partial charge on any atom is 0.177 e. The van der Waals surface area contributed by atoms with Crippen molar-refractivity contribution in [1.29, 1.82) is 0 Å². The summed E-state index contributed by atoms with van der Waals surface area (Å²) in [5.41, 5.74) is 10.3. The molecule has 0 aromatic carbocycles. The van der Waals surface area contributed by atoms with Gasteiger partial charge >= 0.3 is 0 Å². The summed E-state index contributed by atoms with van der Waals surface area (Å²) in [7, 11) is 0. The first-order valence-corrected chi connectivity index (χ1v) is 9.14. The number of hydrogen-bond acceptors (Lipinski definition) is 6. The molecule has 5 rings (SSSR count). The molecule has 4 N–H and O–H groups in total. The molecule has 0 unspecified atom stereocenters. The van der Waals surface area contributed by atoms with Gasteiger partial charge in [-0.2, -0.15) is 10.2 Å². The van der Waals surface area contributed by atoms with E-state index < -0.39 is 0 Å². The quantitative estimate of drug-likeness (QED) is 0.516. The molecule has 0 saturated carbocycles. The Hall–Kier alpha value is -3.13. The number of aryl methyl sites for hydroxylation is 1. The van der Waals surface area contributed by atoms with Crippen LogP contribution in [0.5, 0.6) is 0 Å². The van der Waals surface area contributed by atoms with E-state index in [9.17, 15) is 0 Å². The molecule has 27 heavy (non-hydrogen) atoms. The molecule has 0 amide bonds. The molecule has 0 spiro atoms. The highest BCUT2D eigenvalue weighted by Gasteiger charge is 2.19. The lowest BCUT2D eigenvalue weighted by Gasteiger charge is -2.22. The smallest absolute Gasteiger partial charge is 0.177 e. The zero-order valence-corrected chi connectivity index (χ0v) is 15.1. The Morgan fingerprint density at radius 2 is 2.07 bits per heavy atom. The zero-order valence-electron chi connectivity index (χ0n) is 15.1. The SMILES string of the molecule is Cc1cc(-c2cc3c(-c4cnn(C5CCNCC5)c4)cnc(N)c3o2)[nH]n1. The van der Waals surface area contributed by atoms with Gasteiger partial charge in [-0.1, -0.05) is 0 Å². The van der Waals surface area contributed by atoms with Crippen LogP contribution in [0.2, 0.25) is 0 Å². The van der Waals surface area contributed by atoms with E-state index in [1.807, 2.05) is 25.3 Å². The summed E-state index contributed by atoms with van der Waals surface area (Å²) in [6.45, 7) is 3.99. The number of aromatic amines is 1. The fourth-order valence-electron chi connectivity index (χ4n) is 3.70. The number of nitrogens with two attached hydrogens (primary N) is 1. The van der Waals surface area contributed by atoms with Crippen molar-refractivity contribution in [3.8, 4) is 22.6 Å². The number of nitrogens with one attached hydrogen (secondary N) is 2. The zero-order chi connectivity index (χ0) is 18.4. The Labute approximate surface area is 155 Å². The van der Waals surface area contributed by atoms with Crippen LogP contribution in [0.4, 0.5) is 5.82 Å². The highest BCUT2D eigenvalue weighted by Crippen LogP contribution is 2.36. The van der Waals surface area contributed by atoms with Crippen LogP contribution in [-0.2, 0) is 0 Å². The van der Waals surface area contributed by atoms with E-state index in [1.54, 1.807) is 6.20 Å². The molecule has 138 valence electrons. The van der Waals surface area contributed by atoms with Crippen LogP contribution in [0.25, 0.3) is 33.6 Å². The van der Waals surface area contributed by atoms with Gasteiger partial charge in [-0.3, -0.25) is 9.78 Å². The van der Waals surface area contributed by atoms with Crippen LogP contribution in [0.3, 0.4) is 0 Å². The van der Waals surface area contributed by atoms with Crippen LogP contribution in [0.1, 0.15) is 24.6 Å². The molecule has 0 bridgehead atoms. The summed E-state index contributed by atoms with van der Waals surface area (Å²) in [4.78, 5) is 4.33. The normalized spacial score (nSPS) is 15.6. The number of rotatable bonds is 3. The van der Waals surface area contributed by atoms with Crippen LogP contribution in [0.15, 0.2) is 35.1 Å². The number of anilines is 1. The fraction of sp³-hybridized carbons (Fsp3) is 0.316. The number of pyridine rings is 1. The van der Waals surface area contributed by atoms with E-state index in [-0.39, 0.29) is 0 Å². The number of nitrogen functional groups attached to an aromatic ring is 1. The Balaban J connectivity index is 1.58. The van der Waals surface area contributed by atoms with Gasteiger partial charge in [0.25, 0.3) is 0 Å². The highest BCUT2D eigenvalue weighted by atomic mass is 16.3. The molecule has 0 radical (unpaired) electrons. The van der Waals surface area contributed by atoms with Gasteiger partial charge in [-0.15, -0.1) is 0 Å². The average molecular weight is 363 g/mol. The lowest BCUT2D eigenvalue weighted by Crippen LogP contribution is -2.29. The van der Waals surface area contributed by atoms with Crippen molar-refractivity contribution >= 4 is 16.8 Å². The minimum atomic E-state index is 0.377. The van der Waals surface area contributed by atoms with Gasteiger partial charge in [0.2, 0.25) is 0 Å². The third kappa shape index (κ3) is 2.78. The van der Waals surface area contributed by atoms with Crippen molar-refractivity contribution in [2.75, 3.05) is 18.8 Å². The Kier molecular flexibility index (Phi) is 3.71. The average Bonchev–Trinajstić information content (AvgIpc) is 3.42. The van der Waals surface area contributed by atoms with Gasteiger partial charge in [0.1, 0.15) is 5.69 Å². The maximum atomic E-state index is 6.06. The summed E-state index contributed by atoms with van der Waals surface area (Å²) in [6.07, 6.45) is 7.95. The van der Waals surface area contributed by atoms with Crippen molar-refractivity contribution in [2.24, 2.45) is 0 Å². The minimum absolute atomic E-state index is 0.377. The second kappa shape index (κ2) is 6.24. The second-order valence-corrected chi connectivity index (χ2v) is 7.02. The third-order valence-electron chi connectivity index (χ3n) is 5.15. The van der Waals surface area contributed by atoms with Gasteiger partial charge in [0, 0.05) is 28.9 Å². The van der Waals surface area contributed by atoms with Crippen molar-refractivity contribution in [3.05, 3.63) is 36.4 Å². The number of nitrogens with zero attached hydrogens (tertiary/aromatic N) is 4. The third-order valence-corrected chi connectivity index (χ3v) is 5.15. The summed E-state index contributed by atoms with van der Waals surface area (Å²) in [5, 5.41) is 16.1. The predicted molar refractivity (Wildman–Crippen MR) is 103 cm³/mol. The monoisotopic (exact) mass is 363 g/mol. The molecule has 1 aliphatic rings. The Morgan fingerprint density at radius 3 is 2.85 bits per heavy atom. The molecule has 8 nitrogen and oxygen atoms in total. The molecular weight excluding hydrogens is 342 g/mol. The number of H-pyrrole nitrogens is 1. The summed E-state index contributed by atoms with van der Waals surface area (Å²) < 4.78 is 8.06. The lowest BCUT2D eigenvalue weighted by atomic mass is 10.1. The molecule has 8 heteroatoms. The lowest BCUT2D eigenvalue weighted by molar-refractivity contribution is 0.343. The molecule has 1 saturated heterocycles. The van der Waals surface area contributed by atoms with E-state index in [0.717, 1.165) is 53.8 Å². The number of piperidine rings is 1. The molecule has 0 aliphatic carbocycles. The van der Waals surface area contributed by atoms with Gasteiger partial charge in [-0.05, 0) is 45.0 Å². The Morgan fingerprint density at radius 1 is 1.22 bits per heavy atom. The van der Waals surface area contributed by atoms with E-state index in [1.165, 1.54) is 0 Å². The Bertz CT molecular complexity index is 1100. The molecule has 5 heterocycles. The predicted octanol–water partition coefficient (Wildman–Crippen LogP) is 2.90. The maximum absolute atomic E-state index is 6.06. The van der Waals surface area contributed by atoms with Gasteiger partial charge < -0.3 is 15.5 Å². The highest BCUT2D eigenvalue weighted by molar-refractivity contribution is 5.99. The second-order valence-electron chi connectivity index (χ2n) is 7.02. The van der Waals surface area contributed by atoms with Crippen LogP contribution in [-0.4, -0.2) is 38.1 Å². The molecule has 1 aliphatic heterocycles. The summed E-state index contributed by atoms with van der Waals surface area (Å²) >= 11 is 0. The van der Waals surface area contributed by atoms with Crippen molar-refractivity contribution in [2.45, 2.75) is 25.8 Å². The number of furan rings is 1. The van der Waals surface area contributed by atoms with Crippen molar-refractivity contribution < 1.29 is 4.42 Å². The number of aromatic nitrogens is 5. The van der Waals surface area contributed by atoms with E-state index >= 15 is 0 Å².